The number of fused-ring (bicyclic) bond motifs is 4. The lowest BCUT2D eigenvalue weighted by molar-refractivity contribution is -0.384. The molecule has 11 heteroatoms. The summed E-state index contributed by atoms with van der Waals surface area (Å²) in [6, 6.07) is 29.9. The Balaban J connectivity index is 1.31. The van der Waals surface area contributed by atoms with Crippen molar-refractivity contribution in [3.05, 3.63) is 166 Å². The zero-order valence-corrected chi connectivity index (χ0v) is 28.3. The van der Waals surface area contributed by atoms with Crippen LogP contribution in [-0.4, -0.2) is 29.7 Å². The molecule has 10 nitrogen and oxygen atoms in total. The van der Waals surface area contributed by atoms with Gasteiger partial charge < -0.3 is 14.2 Å². The maximum atomic E-state index is 14.6. The molecule has 6 aromatic rings. The fourth-order valence-electron chi connectivity index (χ4n) is 6.87. The van der Waals surface area contributed by atoms with Crippen LogP contribution in [0.4, 0.5) is 5.69 Å². The highest BCUT2D eigenvalue weighted by Gasteiger charge is 2.33. The number of hydrogen-bond donors (Lipinski definition) is 0. The number of aryl methyl sites for hydroxylation is 1. The Hall–Kier alpha value is -6.33. The van der Waals surface area contributed by atoms with Crippen LogP contribution in [0.15, 0.2) is 118 Å². The molecular formula is C40H29N3O7S. The minimum Gasteiger partial charge on any atom is -0.493 e. The maximum absolute atomic E-state index is 14.6. The van der Waals surface area contributed by atoms with Crippen LogP contribution < -0.4 is 29.1 Å². The van der Waals surface area contributed by atoms with E-state index in [1.165, 1.54) is 41.2 Å². The SMILES string of the molecule is COc1ccc([C@@H]2C3=C(N=c4s/c(=C/c5c(OC(=O)c6ccc([N+](=O)[O-])cc6)ccc6ccccc56)c(=O)n42)c2ccccc2CC3)cc1OC. The quantitative estimate of drug-likeness (QED) is 0.0797. The second-order valence-corrected chi connectivity index (χ2v) is 13.1. The lowest BCUT2D eigenvalue weighted by atomic mass is 9.83. The van der Waals surface area contributed by atoms with E-state index in [2.05, 4.69) is 12.1 Å². The number of esters is 1. The van der Waals surface area contributed by atoms with Crippen LogP contribution in [0, 0.1) is 10.1 Å². The van der Waals surface area contributed by atoms with Crippen LogP contribution in [0.25, 0.3) is 22.5 Å². The number of thiazole rings is 1. The lowest BCUT2D eigenvalue weighted by Gasteiger charge is -2.31. The highest BCUT2D eigenvalue weighted by atomic mass is 32.1. The van der Waals surface area contributed by atoms with E-state index in [1.807, 2.05) is 60.7 Å². The van der Waals surface area contributed by atoms with Crippen LogP contribution in [0.5, 0.6) is 17.2 Å². The molecule has 0 unspecified atom stereocenters. The molecule has 0 spiro atoms. The van der Waals surface area contributed by atoms with E-state index in [9.17, 15) is 19.7 Å². The Morgan fingerprint density at radius 1 is 0.902 bits per heavy atom. The summed E-state index contributed by atoms with van der Waals surface area (Å²) in [4.78, 5) is 44.2. The van der Waals surface area contributed by atoms with Crippen molar-refractivity contribution in [1.29, 1.82) is 0 Å². The van der Waals surface area contributed by atoms with Gasteiger partial charge in [-0.2, -0.15) is 0 Å². The van der Waals surface area contributed by atoms with Crippen molar-refractivity contribution in [2.45, 2.75) is 18.9 Å². The van der Waals surface area contributed by atoms with Crippen molar-refractivity contribution in [3.8, 4) is 17.2 Å². The number of rotatable bonds is 7. The third-order valence-electron chi connectivity index (χ3n) is 9.32. The van der Waals surface area contributed by atoms with E-state index in [4.69, 9.17) is 19.2 Å². The van der Waals surface area contributed by atoms with Gasteiger partial charge in [0.1, 0.15) is 5.75 Å². The maximum Gasteiger partial charge on any atom is 0.343 e. The molecule has 0 saturated carbocycles. The molecule has 1 aliphatic carbocycles. The molecule has 0 amide bonds. The lowest BCUT2D eigenvalue weighted by Crippen LogP contribution is -2.38. The number of allylic oxidation sites excluding steroid dienone is 1. The molecule has 8 rings (SSSR count). The van der Waals surface area contributed by atoms with Gasteiger partial charge in [0.15, 0.2) is 16.3 Å². The standard InChI is InChI=1S/C40H29N3O7S/c1-48-33-20-15-26(21-34(33)49-2)37-30-18-13-24-8-4-6-10-29(24)36(30)41-40-42(37)38(44)35(51-40)22-31-28-9-5-3-7-23(28)14-19-32(31)50-39(45)25-11-16-27(17-12-25)43(46)47/h3-12,14-17,19-22,37H,13,18H2,1-2H3/b35-22+/t37-/m1/s1. The van der Waals surface area contributed by atoms with E-state index in [1.54, 1.807) is 30.9 Å². The van der Waals surface area contributed by atoms with E-state index in [0.29, 0.717) is 26.4 Å². The van der Waals surface area contributed by atoms with Gasteiger partial charge in [0.05, 0.1) is 41.0 Å². The number of ether oxygens (including phenoxy) is 3. The largest absolute Gasteiger partial charge is 0.493 e. The Labute approximate surface area is 295 Å². The monoisotopic (exact) mass is 695 g/mol. The molecule has 1 atom stereocenters. The van der Waals surface area contributed by atoms with Crippen molar-refractivity contribution >= 4 is 45.5 Å². The van der Waals surface area contributed by atoms with Gasteiger partial charge in [-0.3, -0.25) is 19.5 Å². The predicted molar refractivity (Wildman–Crippen MR) is 194 cm³/mol. The topological polar surface area (TPSA) is 122 Å². The second kappa shape index (κ2) is 12.8. The first-order valence-electron chi connectivity index (χ1n) is 16.2. The van der Waals surface area contributed by atoms with Crippen LogP contribution in [0.1, 0.15) is 45.1 Å². The summed E-state index contributed by atoms with van der Waals surface area (Å²) in [5.41, 5.74) is 5.37. The fraction of sp³-hybridized carbons (Fsp3) is 0.125. The van der Waals surface area contributed by atoms with E-state index in [0.717, 1.165) is 46.0 Å². The Kier molecular flexibility index (Phi) is 8.04. The smallest absolute Gasteiger partial charge is 0.343 e. The van der Waals surface area contributed by atoms with Crippen molar-refractivity contribution < 1.29 is 23.9 Å². The van der Waals surface area contributed by atoms with Crippen molar-refractivity contribution in [2.24, 2.45) is 4.99 Å². The summed E-state index contributed by atoms with van der Waals surface area (Å²) < 4.78 is 19.3. The van der Waals surface area contributed by atoms with Gasteiger partial charge in [-0.05, 0) is 76.7 Å². The number of nitrogens with zero attached hydrogens (tertiary/aromatic N) is 3. The van der Waals surface area contributed by atoms with Crippen molar-refractivity contribution in [3.63, 3.8) is 0 Å². The van der Waals surface area contributed by atoms with E-state index in [-0.39, 0.29) is 22.6 Å². The zero-order valence-electron chi connectivity index (χ0n) is 27.5. The van der Waals surface area contributed by atoms with E-state index < -0.39 is 16.9 Å². The molecule has 1 aromatic heterocycles. The minimum atomic E-state index is -0.684. The molecule has 0 bridgehead atoms. The van der Waals surface area contributed by atoms with Gasteiger partial charge in [0.25, 0.3) is 11.2 Å². The third kappa shape index (κ3) is 5.57. The number of methoxy groups -OCH3 is 2. The molecule has 2 heterocycles. The molecule has 0 fully saturated rings. The van der Waals surface area contributed by atoms with Crippen molar-refractivity contribution in [1.82, 2.24) is 4.57 Å². The predicted octanol–water partition coefficient (Wildman–Crippen LogP) is 6.62. The molecule has 252 valence electrons. The van der Waals surface area contributed by atoms with Gasteiger partial charge in [-0.1, -0.05) is 72.0 Å². The normalized spacial score (nSPS) is 15.0. The van der Waals surface area contributed by atoms with Gasteiger partial charge in [0.2, 0.25) is 0 Å². The Morgan fingerprint density at radius 2 is 1.65 bits per heavy atom. The first-order chi connectivity index (χ1) is 24.8. The summed E-state index contributed by atoms with van der Waals surface area (Å²) in [7, 11) is 3.18. The molecule has 0 saturated heterocycles. The average molecular weight is 696 g/mol. The number of carbonyl (C=O) groups excluding carboxylic acids is 1. The summed E-state index contributed by atoms with van der Waals surface area (Å²) >= 11 is 1.27. The number of nitro groups is 1. The minimum absolute atomic E-state index is 0.134. The number of carbonyl (C=O) groups is 1. The number of benzene rings is 5. The number of hydrogen-bond acceptors (Lipinski definition) is 9. The number of aromatic nitrogens is 1. The van der Waals surface area contributed by atoms with Crippen molar-refractivity contribution in [2.75, 3.05) is 14.2 Å². The van der Waals surface area contributed by atoms with E-state index >= 15 is 0 Å². The molecule has 2 aliphatic rings. The molecule has 5 aromatic carbocycles. The first-order valence-corrected chi connectivity index (χ1v) is 17.0. The van der Waals surface area contributed by atoms with Crippen LogP contribution >= 0.6 is 11.3 Å². The second-order valence-electron chi connectivity index (χ2n) is 12.1. The van der Waals surface area contributed by atoms with Crippen LogP contribution in [0.2, 0.25) is 0 Å². The zero-order chi connectivity index (χ0) is 35.2. The molecule has 1 aliphatic heterocycles. The summed E-state index contributed by atoms with van der Waals surface area (Å²) in [5, 5.41) is 12.8. The highest BCUT2D eigenvalue weighted by Crippen LogP contribution is 2.43. The molecule has 0 N–H and O–H groups in total. The van der Waals surface area contributed by atoms with Gasteiger partial charge in [-0.25, -0.2) is 9.79 Å². The van der Waals surface area contributed by atoms with Crippen LogP contribution in [0.3, 0.4) is 0 Å². The van der Waals surface area contributed by atoms with Gasteiger partial charge in [0, 0.05) is 23.3 Å². The van der Waals surface area contributed by atoms with Gasteiger partial charge in [-0.15, -0.1) is 0 Å². The summed E-state index contributed by atoms with van der Waals surface area (Å²) in [6.07, 6.45) is 3.30. The number of nitro benzene ring substituents is 1. The number of non-ortho nitro benzene ring substituents is 1. The summed E-state index contributed by atoms with van der Waals surface area (Å²) in [6.45, 7) is 0. The van der Waals surface area contributed by atoms with Crippen LogP contribution in [-0.2, 0) is 6.42 Å². The fourth-order valence-corrected chi connectivity index (χ4v) is 7.85. The van der Waals surface area contributed by atoms with Gasteiger partial charge >= 0.3 is 5.97 Å². The molecular weight excluding hydrogens is 667 g/mol. The summed E-state index contributed by atoms with van der Waals surface area (Å²) in [5.74, 6) is 0.704. The molecule has 51 heavy (non-hydrogen) atoms. The Morgan fingerprint density at radius 3 is 2.43 bits per heavy atom. The molecule has 0 radical (unpaired) electrons. The average Bonchev–Trinajstić information content (AvgIpc) is 3.48. The third-order valence-corrected chi connectivity index (χ3v) is 10.3. The first kappa shape index (κ1) is 31.9. The highest BCUT2D eigenvalue weighted by molar-refractivity contribution is 7.07. The Bertz CT molecular complexity index is 2620.